The van der Waals surface area contributed by atoms with E-state index in [2.05, 4.69) is 21.3 Å². The largest absolute Gasteiger partial charge is 0.480 e. The van der Waals surface area contributed by atoms with Gasteiger partial charge in [0.2, 0.25) is 17.7 Å². The van der Waals surface area contributed by atoms with Gasteiger partial charge in [0.1, 0.15) is 12.1 Å². The van der Waals surface area contributed by atoms with Crippen LogP contribution < -0.4 is 27.0 Å². The standard InChI is InChI=1S/C36H58N10O10/c1-24(33(55)41-26-9-7-25(8-10-26)32(54)36(2,3)4)40-34(56)27(6-5-11-39-35(37)38)42-28(47)20-43-12-14-44(21-29(48)49)16-18-46(23-31(52)53)19-17-45(15-13-43)22-30(50)51/h7-10,24,27H,5-6,11-23H2,1-4H3,(H,40,56)(H,41,55)(H,42,47)(H,48,49)(H,50,51)(H,52,53)(H4,37,38,39)/t24-,27-/m0/s1. The zero-order valence-electron chi connectivity index (χ0n) is 32.6. The number of carboxylic acids is 3. The number of hydrogen-bond acceptors (Lipinski definition) is 12. The van der Waals surface area contributed by atoms with E-state index in [9.17, 15) is 48.9 Å². The van der Waals surface area contributed by atoms with Crippen molar-refractivity contribution in [1.82, 2.24) is 35.6 Å². The first-order valence-electron chi connectivity index (χ1n) is 18.4. The molecule has 1 saturated heterocycles. The molecule has 1 aliphatic rings. The summed E-state index contributed by atoms with van der Waals surface area (Å²) >= 11 is 0. The van der Waals surface area contributed by atoms with E-state index in [0.717, 1.165) is 0 Å². The van der Waals surface area contributed by atoms with Gasteiger partial charge in [0.05, 0.1) is 26.2 Å². The molecule has 20 nitrogen and oxygen atoms in total. The number of Topliss-reactive ketones (excluding diaryl/α,β-unsaturated/α-hetero) is 1. The Kier molecular flexibility index (Phi) is 19.3. The van der Waals surface area contributed by atoms with Gasteiger partial charge < -0.3 is 42.3 Å². The Hall–Kier alpha value is -5.18. The number of anilines is 1. The SMILES string of the molecule is C[C@H](NC(=O)[C@H](CCCNC(=N)N)NC(=O)CN1CCN(CC(=O)O)CCN(CC(=O)O)CCN(CC(=O)O)CC1)C(=O)Nc1ccc(C(=O)C(C)(C)C)cc1. The highest BCUT2D eigenvalue weighted by molar-refractivity contribution is 6.01. The predicted molar refractivity (Wildman–Crippen MR) is 206 cm³/mol. The smallest absolute Gasteiger partial charge is 0.317 e. The summed E-state index contributed by atoms with van der Waals surface area (Å²) in [5, 5.41) is 46.5. The number of hydrogen-bond donors (Lipinski definition) is 9. The summed E-state index contributed by atoms with van der Waals surface area (Å²) in [6.07, 6.45) is 0.427. The number of guanidine groups is 1. The van der Waals surface area contributed by atoms with Crippen molar-refractivity contribution in [3.05, 3.63) is 29.8 Å². The van der Waals surface area contributed by atoms with E-state index in [0.29, 0.717) is 17.7 Å². The van der Waals surface area contributed by atoms with E-state index in [1.807, 2.05) is 0 Å². The van der Waals surface area contributed by atoms with Gasteiger partial charge in [-0.3, -0.25) is 58.6 Å². The van der Waals surface area contributed by atoms with E-state index in [-0.39, 0.29) is 103 Å². The Bertz CT molecular complexity index is 1500. The summed E-state index contributed by atoms with van der Waals surface area (Å²) in [7, 11) is 0. The predicted octanol–water partition coefficient (Wildman–Crippen LogP) is -1.42. The number of carbonyl (C=O) groups excluding carboxylic acids is 4. The van der Waals surface area contributed by atoms with E-state index in [1.165, 1.54) is 6.92 Å². The summed E-state index contributed by atoms with van der Waals surface area (Å²) in [5.41, 5.74) is 5.70. The number of benzene rings is 1. The summed E-state index contributed by atoms with van der Waals surface area (Å²) in [6.45, 7) is 7.60. The highest BCUT2D eigenvalue weighted by Crippen LogP contribution is 2.22. The van der Waals surface area contributed by atoms with Crippen LogP contribution in [0.25, 0.3) is 0 Å². The normalized spacial score (nSPS) is 16.6. The van der Waals surface area contributed by atoms with Crippen LogP contribution in [-0.2, 0) is 28.8 Å². The van der Waals surface area contributed by atoms with E-state index >= 15 is 0 Å². The maximum atomic E-state index is 13.5. The van der Waals surface area contributed by atoms with E-state index in [1.54, 1.807) is 64.6 Å². The van der Waals surface area contributed by atoms with Gasteiger partial charge in [-0.2, -0.15) is 0 Å². The quantitative estimate of drug-likeness (QED) is 0.0357. The number of carbonyl (C=O) groups is 7. The Morgan fingerprint density at radius 1 is 0.714 bits per heavy atom. The maximum Gasteiger partial charge on any atom is 0.317 e. The molecule has 56 heavy (non-hydrogen) atoms. The molecule has 2 rings (SSSR count). The first-order valence-corrected chi connectivity index (χ1v) is 18.4. The molecular formula is C36H58N10O10. The minimum Gasteiger partial charge on any atom is -0.480 e. The molecular weight excluding hydrogens is 732 g/mol. The van der Waals surface area contributed by atoms with Crippen molar-refractivity contribution in [2.45, 2.75) is 52.6 Å². The number of rotatable bonds is 18. The fraction of sp³-hybridized carbons (Fsp3) is 0.611. The molecule has 2 atom stereocenters. The van der Waals surface area contributed by atoms with Crippen LogP contribution in [0.1, 0.15) is 50.9 Å². The Balaban J connectivity index is 2.18. The van der Waals surface area contributed by atoms with Crippen LogP contribution in [0.2, 0.25) is 0 Å². The molecule has 1 aromatic carbocycles. The van der Waals surface area contributed by atoms with Gasteiger partial charge in [0.25, 0.3) is 0 Å². The maximum absolute atomic E-state index is 13.5. The summed E-state index contributed by atoms with van der Waals surface area (Å²) in [6, 6.07) is 4.25. The third-order valence-electron chi connectivity index (χ3n) is 8.86. The molecule has 312 valence electrons. The van der Waals surface area contributed by atoms with Crippen LogP contribution >= 0.6 is 0 Å². The van der Waals surface area contributed by atoms with E-state index < -0.39 is 53.1 Å². The van der Waals surface area contributed by atoms with Crippen molar-refractivity contribution in [3.63, 3.8) is 0 Å². The summed E-state index contributed by atoms with van der Waals surface area (Å²) in [5.74, 6) is -5.30. The molecule has 0 radical (unpaired) electrons. The van der Waals surface area contributed by atoms with Crippen molar-refractivity contribution >= 4 is 53.1 Å². The Labute approximate surface area is 326 Å². The third kappa shape index (κ3) is 18.4. The van der Waals surface area contributed by atoms with Gasteiger partial charge in [-0.05, 0) is 44.0 Å². The minimum atomic E-state index is -1.10. The molecule has 0 bridgehead atoms. The number of ketones is 1. The lowest BCUT2D eigenvalue weighted by Gasteiger charge is -2.33. The zero-order chi connectivity index (χ0) is 42.0. The highest BCUT2D eigenvalue weighted by Gasteiger charge is 2.27. The van der Waals surface area contributed by atoms with E-state index in [4.69, 9.17) is 11.1 Å². The molecule has 1 aliphatic heterocycles. The number of amides is 3. The van der Waals surface area contributed by atoms with Crippen molar-refractivity contribution < 1.29 is 48.9 Å². The van der Waals surface area contributed by atoms with Gasteiger partial charge in [-0.1, -0.05) is 20.8 Å². The number of aliphatic carboxylic acids is 3. The van der Waals surface area contributed by atoms with Crippen molar-refractivity contribution in [1.29, 1.82) is 5.41 Å². The Morgan fingerprint density at radius 3 is 1.54 bits per heavy atom. The molecule has 0 spiro atoms. The molecule has 1 aromatic rings. The van der Waals surface area contributed by atoms with Crippen molar-refractivity contribution in [2.24, 2.45) is 11.1 Å². The van der Waals surface area contributed by atoms with Crippen LogP contribution in [0.4, 0.5) is 5.69 Å². The van der Waals surface area contributed by atoms with Gasteiger partial charge in [-0.25, -0.2) is 0 Å². The van der Waals surface area contributed by atoms with Crippen molar-refractivity contribution in [2.75, 3.05) is 90.4 Å². The van der Waals surface area contributed by atoms with Gasteiger partial charge in [-0.15, -0.1) is 0 Å². The van der Waals surface area contributed by atoms with Crippen LogP contribution in [0, 0.1) is 10.8 Å². The monoisotopic (exact) mass is 790 g/mol. The zero-order valence-corrected chi connectivity index (χ0v) is 32.6. The molecule has 0 unspecified atom stereocenters. The second-order valence-corrected chi connectivity index (χ2v) is 14.8. The number of nitrogens with one attached hydrogen (secondary N) is 5. The number of nitrogens with zero attached hydrogens (tertiary/aromatic N) is 4. The highest BCUT2D eigenvalue weighted by atomic mass is 16.4. The molecule has 20 heteroatoms. The average Bonchev–Trinajstić information content (AvgIpc) is 3.09. The molecule has 0 saturated carbocycles. The van der Waals surface area contributed by atoms with Crippen molar-refractivity contribution in [3.8, 4) is 0 Å². The summed E-state index contributed by atoms with van der Waals surface area (Å²) < 4.78 is 0. The lowest BCUT2D eigenvalue weighted by molar-refractivity contribution is -0.140. The van der Waals surface area contributed by atoms with Gasteiger partial charge in [0, 0.05) is 75.6 Å². The average molecular weight is 791 g/mol. The molecule has 0 aliphatic carbocycles. The van der Waals surface area contributed by atoms with Gasteiger partial charge >= 0.3 is 17.9 Å². The van der Waals surface area contributed by atoms with Crippen LogP contribution in [0.3, 0.4) is 0 Å². The topological polar surface area (TPSA) is 291 Å². The number of nitrogens with two attached hydrogens (primary N) is 1. The van der Waals surface area contributed by atoms with Crippen LogP contribution in [0.15, 0.2) is 24.3 Å². The second-order valence-electron chi connectivity index (χ2n) is 14.8. The molecule has 1 heterocycles. The molecule has 3 amide bonds. The molecule has 0 aromatic heterocycles. The lowest BCUT2D eigenvalue weighted by atomic mass is 9.86. The first-order chi connectivity index (χ1) is 26.2. The van der Waals surface area contributed by atoms with Crippen LogP contribution in [-0.4, -0.2) is 179 Å². The Morgan fingerprint density at radius 2 is 1.14 bits per heavy atom. The number of carboxylic acid groups (broad SMARTS) is 3. The summed E-state index contributed by atoms with van der Waals surface area (Å²) in [4.78, 5) is 93.9. The third-order valence-corrected chi connectivity index (χ3v) is 8.86. The van der Waals surface area contributed by atoms with Gasteiger partial charge in [0.15, 0.2) is 11.7 Å². The first kappa shape index (κ1) is 47.0. The minimum absolute atomic E-state index is 0.0583. The lowest BCUT2D eigenvalue weighted by Crippen LogP contribution is -2.54. The van der Waals surface area contributed by atoms with Crippen LogP contribution in [0.5, 0.6) is 0 Å². The fourth-order valence-electron chi connectivity index (χ4n) is 5.79. The second kappa shape index (κ2) is 23.0. The molecule has 1 fully saturated rings. The molecule has 10 N–H and O–H groups in total. The fourth-order valence-corrected chi connectivity index (χ4v) is 5.79.